The Morgan fingerprint density at radius 1 is 1.30 bits per heavy atom. The number of aromatic nitrogens is 3. The predicted octanol–water partition coefficient (Wildman–Crippen LogP) is 3.59. The number of carbonyl (C=O) groups excluding carboxylic acids is 1. The minimum Gasteiger partial charge on any atom is -0.406 e. The van der Waals surface area contributed by atoms with Crippen LogP contribution in [0.2, 0.25) is 0 Å². The smallest absolute Gasteiger partial charge is 0.406 e. The van der Waals surface area contributed by atoms with E-state index in [1.165, 1.54) is 35.6 Å². The molecule has 0 fully saturated rings. The number of aliphatic hydroxyl groups is 1. The third-order valence-electron chi connectivity index (χ3n) is 4.43. The highest BCUT2D eigenvalue weighted by Gasteiger charge is 2.31. The predicted molar refractivity (Wildman–Crippen MR) is 106 cm³/mol. The second kappa shape index (κ2) is 7.33. The van der Waals surface area contributed by atoms with Crippen LogP contribution in [0.3, 0.4) is 0 Å². The van der Waals surface area contributed by atoms with Crippen LogP contribution in [0.25, 0.3) is 26.9 Å². The maximum atomic E-state index is 12.5. The van der Waals surface area contributed by atoms with Gasteiger partial charge in [-0.15, -0.1) is 24.5 Å². The van der Waals surface area contributed by atoms with Crippen LogP contribution in [0, 0.1) is 0 Å². The number of nitrogens with zero attached hydrogens (tertiary/aromatic N) is 3. The molecule has 4 aromatic rings. The van der Waals surface area contributed by atoms with Gasteiger partial charge in [-0.1, -0.05) is 0 Å². The van der Waals surface area contributed by atoms with Crippen molar-refractivity contribution in [3.8, 4) is 11.4 Å². The molecule has 0 spiro atoms. The molecule has 1 atom stereocenters. The van der Waals surface area contributed by atoms with E-state index in [0.29, 0.717) is 16.2 Å². The monoisotopic (exact) mass is 438 g/mol. The van der Waals surface area contributed by atoms with Gasteiger partial charge in [-0.05, 0) is 37.3 Å². The van der Waals surface area contributed by atoms with Crippen molar-refractivity contribution in [2.45, 2.75) is 19.3 Å². The van der Waals surface area contributed by atoms with Gasteiger partial charge in [-0.25, -0.2) is 0 Å². The maximum absolute atomic E-state index is 12.5. The zero-order valence-corrected chi connectivity index (χ0v) is 16.7. The number of benzene rings is 1. The topological polar surface area (TPSA) is 81.3 Å². The van der Waals surface area contributed by atoms with E-state index in [9.17, 15) is 18.0 Å². The quantitative estimate of drug-likeness (QED) is 0.499. The number of fused-ring (bicyclic) bond motifs is 3. The number of halogens is 3. The largest absolute Gasteiger partial charge is 0.573 e. The molecule has 1 amide bonds. The first-order valence-corrected chi connectivity index (χ1v) is 9.73. The van der Waals surface area contributed by atoms with Crippen molar-refractivity contribution in [2.75, 3.05) is 6.61 Å². The van der Waals surface area contributed by atoms with Crippen LogP contribution in [0.5, 0.6) is 5.75 Å². The fourth-order valence-corrected chi connectivity index (χ4v) is 4.26. The standard InChI is InChI=1S/C19H17F3N4O3S/c1-10(9-27)23-17(28)15-7-13-14-8-25(2)24-16(14)26(18(13)30-15)11-3-5-12(6-4-11)29-19(20,21)22/h3-8,10,27H,9H2,1-2H3,(H,23,28)/t10-/m1/s1. The van der Waals surface area contributed by atoms with Gasteiger partial charge in [-0.3, -0.25) is 14.0 Å². The number of rotatable bonds is 5. The molecular weight excluding hydrogens is 421 g/mol. The van der Waals surface area contributed by atoms with Gasteiger partial charge in [0.15, 0.2) is 5.65 Å². The fourth-order valence-electron chi connectivity index (χ4n) is 3.16. The van der Waals surface area contributed by atoms with E-state index < -0.39 is 6.36 Å². The average molecular weight is 438 g/mol. The Bertz CT molecular complexity index is 1220. The van der Waals surface area contributed by atoms with Crippen molar-refractivity contribution in [3.63, 3.8) is 0 Å². The van der Waals surface area contributed by atoms with Gasteiger partial charge in [-0.2, -0.15) is 5.10 Å². The highest BCUT2D eigenvalue weighted by Crippen LogP contribution is 2.37. The van der Waals surface area contributed by atoms with Crippen LogP contribution in [-0.2, 0) is 7.05 Å². The first-order chi connectivity index (χ1) is 14.2. The lowest BCUT2D eigenvalue weighted by atomic mass is 10.3. The molecule has 3 aromatic heterocycles. The lowest BCUT2D eigenvalue weighted by molar-refractivity contribution is -0.274. The molecule has 7 nitrogen and oxygen atoms in total. The zero-order chi connectivity index (χ0) is 21.6. The minimum absolute atomic E-state index is 0.179. The molecule has 0 aliphatic rings. The Morgan fingerprint density at radius 2 is 2.00 bits per heavy atom. The van der Waals surface area contributed by atoms with Crippen LogP contribution in [0.15, 0.2) is 36.5 Å². The number of hydrogen-bond donors (Lipinski definition) is 2. The van der Waals surface area contributed by atoms with E-state index in [4.69, 9.17) is 5.11 Å². The van der Waals surface area contributed by atoms with E-state index in [1.807, 2.05) is 6.20 Å². The summed E-state index contributed by atoms with van der Waals surface area (Å²) in [5.74, 6) is -0.633. The highest BCUT2D eigenvalue weighted by atomic mass is 32.1. The molecule has 0 saturated heterocycles. The molecule has 1 aromatic carbocycles. The Labute approximate surface area is 172 Å². The summed E-state index contributed by atoms with van der Waals surface area (Å²) >= 11 is 1.24. The molecule has 4 rings (SSSR count). The summed E-state index contributed by atoms with van der Waals surface area (Å²) in [6.45, 7) is 1.51. The molecule has 3 heterocycles. The van der Waals surface area contributed by atoms with Crippen molar-refractivity contribution < 1.29 is 27.8 Å². The normalized spacial score (nSPS) is 13.1. The van der Waals surface area contributed by atoms with E-state index in [2.05, 4.69) is 15.2 Å². The molecule has 11 heteroatoms. The molecule has 0 bridgehead atoms. The molecule has 0 unspecified atom stereocenters. The van der Waals surface area contributed by atoms with Gasteiger partial charge in [0.1, 0.15) is 10.6 Å². The van der Waals surface area contributed by atoms with E-state index >= 15 is 0 Å². The maximum Gasteiger partial charge on any atom is 0.573 e. The summed E-state index contributed by atoms with van der Waals surface area (Å²) in [7, 11) is 1.76. The first-order valence-electron chi connectivity index (χ1n) is 8.92. The average Bonchev–Trinajstić information content (AvgIpc) is 3.31. The molecule has 30 heavy (non-hydrogen) atoms. The molecule has 0 aliphatic carbocycles. The van der Waals surface area contributed by atoms with Crippen molar-refractivity contribution in [2.24, 2.45) is 7.05 Å². The van der Waals surface area contributed by atoms with Gasteiger partial charge in [0.25, 0.3) is 5.91 Å². The third-order valence-corrected chi connectivity index (χ3v) is 5.55. The lowest BCUT2D eigenvalue weighted by Crippen LogP contribution is -2.34. The number of aryl methyl sites for hydroxylation is 1. The van der Waals surface area contributed by atoms with Crippen LogP contribution in [-0.4, -0.2) is 44.4 Å². The van der Waals surface area contributed by atoms with Gasteiger partial charge in [0, 0.05) is 35.7 Å². The third kappa shape index (κ3) is 3.73. The molecule has 2 N–H and O–H groups in total. The van der Waals surface area contributed by atoms with Gasteiger partial charge >= 0.3 is 6.36 Å². The van der Waals surface area contributed by atoms with Crippen LogP contribution in [0.1, 0.15) is 16.6 Å². The van der Waals surface area contributed by atoms with Crippen molar-refractivity contribution in [3.05, 3.63) is 41.4 Å². The lowest BCUT2D eigenvalue weighted by Gasteiger charge is -2.10. The van der Waals surface area contributed by atoms with Crippen LogP contribution >= 0.6 is 11.3 Å². The summed E-state index contributed by atoms with van der Waals surface area (Å²) in [4.78, 5) is 13.7. The Balaban J connectivity index is 1.80. The summed E-state index contributed by atoms with van der Waals surface area (Å²) in [6, 6.07) is 6.83. The van der Waals surface area contributed by atoms with Crippen LogP contribution in [0.4, 0.5) is 13.2 Å². The number of thiophene rings is 1. The van der Waals surface area contributed by atoms with Crippen molar-refractivity contribution in [1.29, 1.82) is 0 Å². The molecule has 0 radical (unpaired) electrons. The number of alkyl halides is 3. The zero-order valence-electron chi connectivity index (χ0n) is 15.9. The molecular formula is C19H17F3N4O3S. The Kier molecular flexibility index (Phi) is 4.94. The van der Waals surface area contributed by atoms with E-state index in [-0.39, 0.29) is 24.3 Å². The SMILES string of the molecule is C[C@H](CO)NC(=O)c1cc2c3cn(C)nc3n(-c3ccc(OC(F)(F)F)cc3)c2s1. The molecule has 0 aliphatic heterocycles. The number of ether oxygens (including phenoxy) is 1. The molecule has 0 saturated carbocycles. The van der Waals surface area contributed by atoms with E-state index in [1.54, 1.807) is 29.3 Å². The van der Waals surface area contributed by atoms with Gasteiger partial charge in [0.05, 0.1) is 11.5 Å². The van der Waals surface area contributed by atoms with Gasteiger partial charge < -0.3 is 15.2 Å². The molecule has 158 valence electrons. The highest BCUT2D eigenvalue weighted by molar-refractivity contribution is 7.20. The van der Waals surface area contributed by atoms with Crippen LogP contribution < -0.4 is 10.1 Å². The van der Waals surface area contributed by atoms with Crippen molar-refractivity contribution >= 4 is 38.5 Å². The summed E-state index contributed by atoms with van der Waals surface area (Å²) < 4.78 is 44.7. The van der Waals surface area contributed by atoms with Crippen molar-refractivity contribution in [1.82, 2.24) is 19.7 Å². The Morgan fingerprint density at radius 3 is 2.63 bits per heavy atom. The second-order valence-electron chi connectivity index (χ2n) is 6.80. The number of carbonyl (C=O) groups is 1. The van der Waals surface area contributed by atoms with E-state index in [0.717, 1.165) is 15.6 Å². The Hall–Kier alpha value is -3.05. The number of hydrogen-bond acceptors (Lipinski definition) is 5. The summed E-state index contributed by atoms with van der Waals surface area (Å²) in [5.41, 5.74) is 1.21. The summed E-state index contributed by atoms with van der Waals surface area (Å²) in [6.07, 6.45) is -2.95. The fraction of sp³-hybridized carbons (Fsp3) is 0.263. The minimum atomic E-state index is -4.77. The number of amides is 1. The second-order valence-corrected chi connectivity index (χ2v) is 7.83. The first kappa shape index (κ1) is 20.2. The number of aliphatic hydroxyl groups excluding tert-OH is 1. The number of nitrogens with one attached hydrogen (secondary N) is 1. The van der Waals surface area contributed by atoms with Gasteiger partial charge in [0.2, 0.25) is 0 Å². The summed E-state index contributed by atoms with van der Waals surface area (Å²) in [5, 5.41) is 17.9.